The number of benzene rings is 2. The molecule has 2 aromatic heterocycles. The van der Waals surface area contributed by atoms with Gasteiger partial charge in [-0.1, -0.05) is 47.2 Å². The number of hydrogen-bond acceptors (Lipinski definition) is 5. The number of esters is 1. The molecule has 4 rings (SSSR count). The standard InChI is InChI=1S/C20H13ClN2O3S/c21-14-8-5-13(6-9-14)7-10-19(25)26-12-15-11-18(24)23-16-3-1-2-4-17(16)27-20(23)22-15/h1-11H,12H2. The molecule has 0 saturated carbocycles. The summed E-state index contributed by atoms with van der Waals surface area (Å²) < 4.78 is 7.73. The molecule has 5 nitrogen and oxygen atoms in total. The molecule has 0 saturated heterocycles. The van der Waals surface area contributed by atoms with Gasteiger partial charge in [-0.05, 0) is 35.9 Å². The molecule has 0 spiro atoms. The second kappa shape index (κ2) is 7.34. The largest absolute Gasteiger partial charge is 0.456 e. The summed E-state index contributed by atoms with van der Waals surface area (Å²) in [7, 11) is 0. The summed E-state index contributed by atoms with van der Waals surface area (Å²) in [6.45, 7) is -0.0657. The number of nitrogens with zero attached hydrogens (tertiary/aromatic N) is 2. The summed E-state index contributed by atoms with van der Waals surface area (Å²) in [5, 5.41) is 0.628. The van der Waals surface area contributed by atoms with E-state index in [9.17, 15) is 9.59 Å². The van der Waals surface area contributed by atoms with Crippen molar-refractivity contribution in [2.75, 3.05) is 0 Å². The topological polar surface area (TPSA) is 60.7 Å². The monoisotopic (exact) mass is 396 g/mol. The molecule has 0 amide bonds. The Morgan fingerprint density at radius 2 is 1.96 bits per heavy atom. The first-order chi connectivity index (χ1) is 13.1. The number of carbonyl (C=O) groups is 1. The van der Waals surface area contributed by atoms with Crippen LogP contribution in [-0.4, -0.2) is 15.4 Å². The molecule has 0 bridgehead atoms. The molecule has 0 aliphatic heterocycles. The molecule has 0 radical (unpaired) electrons. The number of ether oxygens (including phenoxy) is 1. The summed E-state index contributed by atoms with van der Waals surface area (Å²) in [4.78, 5) is 29.3. The first-order valence-electron chi connectivity index (χ1n) is 8.11. The zero-order valence-electron chi connectivity index (χ0n) is 14.0. The third-order valence-electron chi connectivity index (χ3n) is 3.89. The molecule has 0 N–H and O–H groups in total. The van der Waals surface area contributed by atoms with Crippen LogP contribution < -0.4 is 5.56 Å². The van der Waals surface area contributed by atoms with Crippen LogP contribution >= 0.6 is 22.9 Å². The third-order valence-corrected chi connectivity index (χ3v) is 5.17. The van der Waals surface area contributed by atoms with Crippen LogP contribution in [0.1, 0.15) is 11.3 Å². The summed E-state index contributed by atoms with van der Waals surface area (Å²) in [5.74, 6) is -0.511. The molecule has 4 aromatic rings. The maximum atomic E-state index is 12.4. The number of aromatic nitrogens is 2. The van der Waals surface area contributed by atoms with Gasteiger partial charge in [-0.25, -0.2) is 9.78 Å². The highest BCUT2D eigenvalue weighted by Gasteiger charge is 2.10. The van der Waals surface area contributed by atoms with Gasteiger partial charge in [-0.15, -0.1) is 0 Å². The van der Waals surface area contributed by atoms with Crippen molar-refractivity contribution >= 4 is 50.2 Å². The predicted molar refractivity (Wildman–Crippen MR) is 107 cm³/mol. The lowest BCUT2D eigenvalue weighted by molar-refractivity contribution is -0.139. The molecule has 2 aromatic carbocycles. The minimum atomic E-state index is -0.511. The molecule has 0 unspecified atom stereocenters. The summed E-state index contributed by atoms with van der Waals surface area (Å²) in [6, 6.07) is 16.1. The number of fused-ring (bicyclic) bond motifs is 3. The first kappa shape index (κ1) is 17.5. The minimum absolute atomic E-state index is 0.0657. The van der Waals surface area contributed by atoms with E-state index in [0.29, 0.717) is 15.7 Å². The number of hydrogen-bond donors (Lipinski definition) is 0. The van der Waals surface area contributed by atoms with Crippen molar-refractivity contribution in [2.24, 2.45) is 0 Å². The van der Waals surface area contributed by atoms with E-state index in [-0.39, 0.29) is 12.2 Å². The van der Waals surface area contributed by atoms with Crippen LogP contribution in [0.4, 0.5) is 0 Å². The van der Waals surface area contributed by atoms with Crippen molar-refractivity contribution in [2.45, 2.75) is 6.61 Å². The minimum Gasteiger partial charge on any atom is -0.456 e. The average Bonchev–Trinajstić information content (AvgIpc) is 3.05. The SMILES string of the molecule is O=C(C=Cc1ccc(Cl)cc1)OCc1cc(=O)n2c(n1)sc1ccccc12. The lowest BCUT2D eigenvalue weighted by Crippen LogP contribution is -2.14. The lowest BCUT2D eigenvalue weighted by Gasteiger charge is -2.02. The Bertz CT molecular complexity index is 1230. The highest BCUT2D eigenvalue weighted by molar-refractivity contribution is 7.23. The van der Waals surface area contributed by atoms with Crippen LogP contribution in [0.3, 0.4) is 0 Å². The highest BCUT2D eigenvalue weighted by Crippen LogP contribution is 2.23. The third kappa shape index (κ3) is 3.77. The fourth-order valence-corrected chi connectivity index (χ4v) is 3.80. The van der Waals surface area contributed by atoms with E-state index in [1.807, 2.05) is 24.3 Å². The van der Waals surface area contributed by atoms with Crippen LogP contribution in [0.25, 0.3) is 21.3 Å². The smallest absolute Gasteiger partial charge is 0.331 e. The number of carbonyl (C=O) groups excluding carboxylic acids is 1. The van der Waals surface area contributed by atoms with Gasteiger partial charge in [0.05, 0.1) is 15.9 Å². The van der Waals surface area contributed by atoms with E-state index in [2.05, 4.69) is 4.98 Å². The maximum absolute atomic E-state index is 12.4. The van der Waals surface area contributed by atoms with E-state index in [1.54, 1.807) is 34.7 Å². The van der Waals surface area contributed by atoms with Crippen LogP contribution in [0.2, 0.25) is 5.02 Å². The molecule has 134 valence electrons. The van der Waals surface area contributed by atoms with Gasteiger partial charge in [0.2, 0.25) is 0 Å². The van der Waals surface area contributed by atoms with Gasteiger partial charge in [0.25, 0.3) is 5.56 Å². The molecule has 2 heterocycles. The molecular formula is C20H13ClN2O3S. The normalized spacial score (nSPS) is 11.4. The van der Waals surface area contributed by atoms with Crippen LogP contribution in [0.15, 0.2) is 65.5 Å². The average molecular weight is 397 g/mol. The Labute approximate surface area is 163 Å². The zero-order valence-corrected chi connectivity index (χ0v) is 15.5. The molecule has 7 heteroatoms. The van der Waals surface area contributed by atoms with Crippen molar-refractivity contribution in [1.82, 2.24) is 9.38 Å². The fraction of sp³-hybridized carbons (Fsp3) is 0.0500. The van der Waals surface area contributed by atoms with Crippen molar-refractivity contribution in [3.05, 3.63) is 87.3 Å². The molecule has 27 heavy (non-hydrogen) atoms. The quantitative estimate of drug-likeness (QED) is 0.380. The first-order valence-corrected chi connectivity index (χ1v) is 9.30. The van der Waals surface area contributed by atoms with E-state index >= 15 is 0 Å². The van der Waals surface area contributed by atoms with Gasteiger partial charge < -0.3 is 4.74 Å². The molecule has 0 aliphatic rings. The fourth-order valence-electron chi connectivity index (χ4n) is 2.63. The zero-order chi connectivity index (χ0) is 18.8. The van der Waals surface area contributed by atoms with Gasteiger partial charge in [-0.3, -0.25) is 9.20 Å². The second-order valence-electron chi connectivity index (χ2n) is 5.77. The number of halogens is 1. The Morgan fingerprint density at radius 3 is 2.78 bits per heavy atom. The Kier molecular flexibility index (Phi) is 4.75. The Morgan fingerprint density at radius 1 is 1.19 bits per heavy atom. The van der Waals surface area contributed by atoms with Crippen LogP contribution in [0.5, 0.6) is 0 Å². The predicted octanol–water partition coefficient (Wildman–Crippen LogP) is 4.32. The Balaban J connectivity index is 1.50. The summed E-state index contributed by atoms with van der Waals surface area (Å²) >= 11 is 7.24. The van der Waals surface area contributed by atoms with E-state index < -0.39 is 5.97 Å². The van der Waals surface area contributed by atoms with Gasteiger partial charge in [0, 0.05) is 17.2 Å². The number of para-hydroxylation sites is 1. The van der Waals surface area contributed by atoms with Gasteiger partial charge in [-0.2, -0.15) is 0 Å². The van der Waals surface area contributed by atoms with E-state index in [1.165, 1.54) is 23.5 Å². The van der Waals surface area contributed by atoms with Crippen LogP contribution in [-0.2, 0) is 16.1 Å². The van der Waals surface area contributed by atoms with Crippen molar-refractivity contribution in [3.63, 3.8) is 0 Å². The summed E-state index contributed by atoms with van der Waals surface area (Å²) in [5.41, 5.74) is 1.88. The van der Waals surface area contributed by atoms with Gasteiger partial charge >= 0.3 is 5.97 Å². The lowest BCUT2D eigenvalue weighted by atomic mass is 10.2. The van der Waals surface area contributed by atoms with Crippen molar-refractivity contribution in [1.29, 1.82) is 0 Å². The second-order valence-corrected chi connectivity index (χ2v) is 7.21. The van der Waals surface area contributed by atoms with Crippen molar-refractivity contribution in [3.8, 4) is 0 Å². The molecular weight excluding hydrogens is 384 g/mol. The van der Waals surface area contributed by atoms with Crippen molar-refractivity contribution < 1.29 is 9.53 Å². The van der Waals surface area contributed by atoms with Gasteiger partial charge in [0.1, 0.15) is 6.61 Å². The Hall–Kier alpha value is -2.96. The number of rotatable bonds is 4. The van der Waals surface area contributed by atoms with Gasteiger partial charge in [0.15, 0.2) is 4.96 Å². The highest BCUT2D eigenvalue weighted by atomic mass is 35.5. The van der Waals surface area contributed by atoms with E-state index in [4.69, 9.17) is 16.3 Å². The van der Waals surface area contributed by atoms with Crippen LogP contribution in [0, 0.1) is 0 Å². The molecule has 0 fully saturated rings. The molecule has 0 atom stereocenters. The maximum Gasteiger partial charge on any atom is 0.331 e. The molecule has 0 aliphatic carbocycles. The number of thiazole rings is 1. The van der Waals surface area contributed by atoms with E-state index in [0.717, 1.165) is 15.8 Å². The summed E-state index contributed by atoms with van der Waals surface area (Å²) in [6.07, 6.45) is 2.96.